The number of nitrogens with zero attached hydrogens (tertiary/aromatic N) is 2. The molecular weight excluding hydrogens is 511 g/mol. The summed E-state index contributed by atoms with van der Waals surface area (Å²) in [6.45, 7) is 3.35. The normalized spacial score (nSPS) is 14.7. The van der Waals surface area contributed by atoms with E-state index in [1.54, 1.807) is 23.1 Å². The number of hydrogen-bond donors (Lipinski definition) is 0. The van der Waals surface area contributed by atoms with Gasteiger partial charge in [0.2, 0.25) is 0 Å². The highest BCUT2D eigenvalue weighted by Gasteiger charge is 2.25. The van der Waals surface area contributed by atoms with Gasteiger partial charge < -0.3 is 19.1 Å². The third-order valence-corrected chi connectivity index (χ3v) is 6.80. The standard InChI is InChI=1S/C29H30ClFN2O5/c1-36-26-12-9-23(17-25(26)31)28(34)33-15-13-32(14-16-33)18-27(21-7-10-24(30)11-8-21)38-19-20-3-5-22(6-4-20)29(35)37-2/h3-12,17,27H,13-16,18-19H2,1-2H3. The molecule has 38 heavy (non-hydrogen) atoms. The number of esters is 1. The molecule has 1 amide bonds. The lowest BCUT2D eigenvalue weighted by atomic mass is 10.1. The predicted molar refractivity (Wildman–Crippen MR) is 142 cm³/mol. The Balaban J connectivity index is 1.38. The van der Waals surface area contributed by atoms with Crippen LogP contribution in [0.4, 0.5) is 4.39 Å². The second kappa shape index (κ2) is 12.9. The Morgan fingerprint density at radius 3 is 2.18 bits per heavy atom. The van der Waals surface area contributed by atoms with Gasteiger partial charge in [-0.25, -0.2) is 9.18 Å². The molecule has 0 bridgehead atoms. The maximum absolute atomic E-state index is 14.1. The molecule has 1 saturated heterocycles. The summed E-state index contributed by atoms with van der Waals surface area (Å²) in [5, 5.41) is 0.646. The first kappa shape index (κ1) is 27.6. The molecule has 9 heteroatoms. The van der Waals surface area contributed by atoms with E-state index in [-0.39, 0.29) is 23.7 Å². The monoisotopic (exact) mass is 540 g/mol. The molecule has 0 radical (unpaired) electrons. The van der Waals surface area contributed by atoms with Crippen molar-refractivity contribution in [3.8, 4) is 5.75 Å². The van der Waals surface area contributed by atoms with Crippen LogP contribution in [0.3, 0.4) is 0 Å². The number of ether oxygens (including phenoxy) is 3. The van der Waals surface area contributed by atoms with Gasteiger partial charge in [-0.1, -0.05) is 35.9 Å². The van der Waals surface area contributed by atoms with Crippen LogP contribution in [0.2, 0.25) is 5.02 Å². The molecule has 1 unspecified atom stereocenters. The first-order chi connectivity index (χ1) is 18.4. The summed E-state index contributed by atoms with van der Waals surface area (Å²) < 4.78 is 30.1. The maximum atomic E-state index is 14.1. The van der Waals surface area contributed by atoms with Crippen molar-refractivity contribution in [1.82, 2.24) is 9.80 Å². The summed E-state index contributed by atoms with van der Waals surface area (Å²) in [4.78, 5) is 28.6. The molecule has 0 N–H and O–H groups in total. The number of carbonyl (C=O) groups is 2. The van der Waals surface area contributed by atoms with Gasteiger partial charge in [-0.2, -0.15) is 0 Å². The molecule has 200 valence electrons. The molecule has 0 aliphatic carbocycles. The van der Waals surface area contributed by atoms with Crippen LogP contribution in [-0.4, -0.2) is 68.6 Å². The fraction of sp³-hybridized carbons (Fsp3) is 0.310. The SMILES string of the molecule is COC(=O)c1ccc(COC(CN2CCN(C(=O)c3ccc(OC)c(F)c3)CC2)c2ccc(Cl)cc2)cc1. The van der Waals surface area contributed by atoms with Crippen molar-refractivity contribution in [2.45, 2.75) is 12.7 Å². The lowest BCUT2D eigenvalue weighted by Gasteiger charge is -2.36. The van der Waals surface area contributed by atoms with Crippen LogP contribution in [0.25, 0.3) is 0 Å². The van der Waals surface area contributed by atoms with E-state index >= 15 is 0 Å². The zero-order valence-corrected chi connectivity index (χ0v) is 22.1. The second-order valence-electron chi connectivity index (χ2n) is 8.98. The molecule has 4 rings (SSSR count). The largest absolute Gasteiger partial charge is 0.494 e. The number of methoxy groups -OCH3 is 2. The van der Waals surface area contributed by atoms with Crippen molar-refractivity contribution < 1.29 is 28.2 Å². The van der Waals surface area contributed by atoms with Crippen molar-refractivity contribution >= 4 is 23.5 Å². The summed E-state index contributed by atoms with van der Waals surface area (Å²) in [5.41, 5.74) is 2.71. The number of hydrogen-bond acceptors (Lipinski definition) is 6. The highest BCUT2D eigenvalue weighted by atomic mass is 35.5. The van der Waals surface area contributed by atoms with Crippen LogP contribution in [0.15, 0.2) is 66.7 Å². The molecule has 3 aromatic carbocycles. The van der Waals surface area contributed by atoms with Crippen molar-refractivity contribution in [2.75, 3.05) is 46.9 Å². The first-order valence-electron chi connectivity index (χ1n) is 12.3. The van der Waals surface area contributed by atoms with Gasteiger partial charge in [-0.15, -0.1) is 0 Å². The molecule has 0 spiro atoms. The van der Waals surface area contributed by atoms with Crippen LogP contribution < -0.4 is 4.74 Å². The van der Waals surface area contributed by atoms with Gasteiger partial charge >= 0.3 is 5.97 Å². The lowest BCUT2D eigenvalue weighted by molar-refractivity contribution is 0.00340. The van der Waals surface area contributed by atoms with E-state index in [1.165, 1.54) is 26.4 Å². The summed E-state index contributed by atoms with van der Waals surface area (Å²) in [5.74, 6) is -1.03. The predicted octanol–water partition coefficient (Wildman–Crippen LogP) is 4.99. The van der Waals surface area contributed by atoms with Crippen molar-refractivity contribution in [3.05, 3.63) is 99.8 Å². The Hall–Kier alpha value is -3.46. The highest BCUT2D eigenvalue weighted by Crippen LogP contribution is 2.24. The third-order valence-electron chi connectivity index (χ3n) is 6.55. The van der Waals surface area contributed by atoms with Crippen LogP contribution in [-0.2, 0) is 16.1 Å². The minimum atomic E-state index is -0.556. The average Bonchev–Trinajstić information content (AvgIpc) is 2.95. The number of rotatable bonds is 9. The van der Waals surface area contributed by atoms with E-state index in [2.05, 4.69) is 4.90 Å². The highest BCUT2D eigenvalue weighted by molar-refractivity contribution is 6.30. The second-order valence-corrected chi connectivity index (χ2v) is 9.42. The molecular formula is C29H30ClFN2O5. The van der Waals surface area contributed by atoms with Gasteiger partial charge in [-0.3, -0.25) is 9.69 Å². The Labute approximate surface area is 226 Å². The van der Waals surface area contributed by atoms with Gasteiger partial charge in [0.1, 0.15) is 0 Å². The molecule has 3 aromatic rings. The zero-order valence-electron chi connectivity index (χ0n) is 21.4. The zero-order chi connectivity index (χ0) is 27.1. The van der Waals surface area contributed by atoms with Crippen molar-refractivity contribution in [2.24, 2.45) is 0 Å². The third kappa shape index (κ3) is 6.89. The quantitative estimate of drug-likeness (QED) is 0.356. The number of benzene rings is 3. The lowest BCUT2D eigenvalue weighted by Crippen LogP contribution is -2.49. The molecule has 1 heterocycles. The van der Waals surface area contributed by atoms with Crippen LogP contribution >= 0.6 is 11.6 Å². The summed E-state index contributed by atoms with van der Waals surface area (Å²) in [6, 6.07) is 19.0. The van der Waals surface area contributed by atoms with Crippen LogP contribution in [0.1, 0.15) is 37.9 Å². The molecule has 7 nitrogen and oxygen atoms in total. The average molecular weight is 541 g/mol. The Morgan fingerprint density at radius 1 is 0.921 bits per heavy atom. The van der Waals surface area contributed by atoms with Gasteiger partial charge in [0.25, 0.3) is 5.91 Å². The number of halogens is 2. The van der Waals surface area contributed by atoms with Crippen molar-refractivity contribution in [1.29, 1.82) is 0 Å². The number of amides is 1. The summed E-state index contributed by atoms with van der Waals surface area (Å²) in [6.07, 6.45) is -0.231. The maximum Gasteiger partial charge on any atom is 0.337 e. The molecule has 1 aliphatic rings. The van der Waals surface area contributed by atoms with Gasteiger partial charge in [-0.05, 0) is 53.6 Å². The Bertz CT molecular complexity index is 1240. The van der Waals surface area contributed by atoms with Crippen molar-refractivity contribution in [3.63, 3.8) is 0 Å². The fourth-order valence-electron chi connectivity index (χ4n) is 4.33. The van der Waals surface area contributed by atoms with E-state index in [1.807, 2.05) is 36.4 Å². The Kier molecular flexibility index (Phi) is 9.33. The van der Waals surface area contributed by atoms with E-state index < -0.39 is 5.82 Å². The van der Waals surface area contributed by atoms with Gasteiger partial charge in [0, 0.05) is 43.3 Å². The van der Waals surface area contributed by atoms with Gasteiger partial charge in [0.15, 0.2) is 11.6 Å². The number of piperazine rings is 1. The Morgan fingerprint density at radius 2 is 1.58 bits per heavy atom. The molecule has 0 saturated carbocycles. The smallest absolute Gasteiger partial charge is 0.337 e. The van der Waals surface area contributed by atoms with Crippen LogP contribution in [0, 0.1) is 5.82 Å². The molecule has 1 atom stereocenters. The van der Waals surface area contributed by atoms with E-state index in [4.69, 9.17) is 25.8 Å². The molecule has 1 fully saturated rings. The minimum Gasteiger partial charge on any atom is -0.494 e. The topological polar surface area (TPSA) is 68.3 Å². The van der Waals surface area contributed by atoms with E-state index in [9.17, 15) is 14.0 Å². The van der Waals surface area contributed by atoms with E-state index in [0.29, 0.717) is 55.5 Å². The number of carbonyl (C=O) groups excluding carboxylic acids is 2. The van der Waals surface area contributed by atoms with Gasteiger partial charge in [0.05, 0.1) is 32.5 Å². The summed E-state index contributed by atoms with van der Waals surface area (Å²) in [7, 11) is 2.74. The molecule has 0 aromatic heterocycles. The first-order valence-corrected chi connectivity index (χ1v) is 12.6. The molecule has 1 aliphatic heterocycles. The summed E-state index contributed by atoms with van der Waals surface area (Å²) >= 11 is 6.10. The minimum absolute atomic E-state index is 0.110. The van der Waals surface area contributed by atoms with Crippen LogP contribution in [0.5, 0.6) is 5.75 Å². The fourth-order valence-corrected chi connectivity index (χ4v) is 4.46. The van der Waals surface area contributed by atoms with E-state index in [0.717, 1.165) is 11.1 Å².